The van der Waals surface area contributed by atoms with Gasteiger partial charge < -0.3 is 19.7 Å². The predicted molar refractivity (Wildman–Crippen MR) is 50.8 cm³/mol. The third-order valence-electron chi connectivity index (χ3n) is 1.25. The molecule has 0 heterocycles. The lowest BCUT2D eigenvalue weighted by Crippen LogP contribution is -2.21. The van der Waals surface area contributed by atoms with Crippen LogP contribution in [0.5, 0.6) is 0 Å². The van der Waals surface area contributed by atoms with E-state index in [1.54, 1.807) is 0 Å². The van der Waals surface area contributed by atoms with Gasteiger partial charge in [0.15, 0.2) is 0 Å². The normalized spacial score (nSPS) is 10.8. The summed E-state index contributed by atoms with van der Waals surface area (Å²) >= 11 is 0. The van der Waals surface area contributed by atoms with E-state index < -0.39 is 0 Å². The van der Waals surface area contributed by atoms with Crippen LogP contribution in [0.1, 0.15) is 0 Å². The second-order valence-electron chi connectivity index (χ2n) is 2.45. The maximum absolute atomic E-state index is 8.37. The van der Waals surface area contributed by atoms with Crippen molar-refractivity contribution < 1.29 is 29.4 Å². The summed E-state index contributed by atoms with van der Waals surface area (Å²) in [4.78, 5) is 9.61. The zero-order chi connectivity index (χ0) is 11.2. The van der Waals surface area contributed by atoms with Crippen molar-refractivity contribution in [1.29, 1.82) is 0 Å². The first-order valence-electron chi connectivity index (χ1n) is 4.77. The van der Waals surface area contributed by atoms with E-state index in [1.807, 2.05) is 0 Å². The average molecular weight is 225 g/mol. The van der Waals surface area contributed by atoms with Crippen LogP contribution in [0.3, 0.4) is 0 Å². The first-order valence-corrected chi connectivity index (χ1v) is 4.77. The summed E-state index contributed by atoms with van der Waals surface area (Å²) in [5.74, 6) is 0. The maximum Gasteiger partial charge on any atom is 0.0942 e. The second kappa shape index (κ2) is 13.7. The molecule has 0 radical (unpaired) electrons. The fourth-order valence-corrected chi connectivity index (χ4v) is 0.659. The molecule has 0 saturated carbocycles. The molecule has 7 nitrogen and oxygen atoms in total. The van der Waals surface area contributed by atoms with Crippen LogP contribution in [0.4, 0.5) is 0 Å². The van der Waals surface area contributed by atoms with Crippen LogP contribution in [0.15, 0.2) is 0 Å². The standard InChI is InChI=1S/C8H19NO6/c10-1-3-12-5-7-14-9-15-8-6-13-4-2-11/h9-11H,1-8H2. The number of aliphatic hydroxyl groups excluding tert-OH is 2. The Morgan fingerprint density at radius 2 is 1.13 bits per heavy atom. The molecule has 0 amide bonds. The summed E-state index contributed by atoms with van der Waals surface area (Å²) in [7, 11) is 0. The molecule has 0 aromatic heterocycles. The van der Waals surface area contributed by atoms with Crippen molar-refractivity contribution in [3.8, 4) is 0 Å². The minimum atomic E-state index is 0.00608. The van der Waals surface area contributed by atoms with Crippen LogP contribution in [0, 0.1) is 0 Å². The highest BCUT2D eigenvalue weighted by molar-refractivity contribution is 4.28. The van der Waals surface area contributed by atoms with Crippen molar-refractivity contribution in [3.63, 3.8) is 0 Å². The summed E-state index contributed by atoms with van der Waals surface area (Å²) in [5.41, 5.74) is 2.25. The number of nitrogens with one attached hydrogen (secondary N) is 1. The number of ether oxygens (including phenoxy) is 2. The number of aliphatic hydroxyl groups is 2. The van der Waals surface area contributed by atoms with Gasteiger partial charge in [0.25, 0.3) is 0 Å². The van der Waals surface area contributed by atoms with E-state index >= 15 is 0 Å². The highest BCUT2D eigenvalue weighted by Gasteiger charge is 1.90. The largest absolute Gasteiger partial charge is 0.394 e. The molecule has 0 spiro atoms. The van der Waals surface area contributed by atoms with E-state index in [-0.39, 0.29) is 13.2 Å². The van der Waals surface area contributed by atoms with Crippen molar-refractivity contribution in [1.82, 2.24) is 5.64 Å². The van der Waals surface area contributed by atoms with Crippen molar-refractivity contribution in [3.05, 3.63) is 0 Å². The molecule has 0 aromatic rings. The predicted octanol–water partition coefficient (Wildman–Crippen LogP) is -1.54. The average Bonchev–Trinajstić information content (AvgIpc) is 2.26. The van der Waals surface area contributed by atoms with Gasteiger partial charge >= 0.3 is 0 Å². The smallest absolute Gasteiger partial charge is 0.0942 e. The molecular weight excluding hydrogens is 206 g/mol. The van der Waals surface area contributed by atoms with E-state index in [2.05, 4.69) is 5.64 Å². The lowest BCUT2D eigenvalue weighted by molar-refractivity contribution is -0.184. The van der Waals surface area contributed by atoms with E-state index in [0.29, 0.717) is 39.6 Å². The molecule has 0 saturated heterocycles. The molecule has 7 heteroatoms. The van der Waals surface area contributed by atoms with Crippen molar-refractivity contribution in [2.45, 2.75) is 0 Å². The fourth-order valence-electron chi connectivity index (χ4n) is 0.659. The van der Waals surface area contributed by atoms with Crippen LogP contribution in [0.2, 0.25) is 0 Å². The molecule has 15 heavy (non-hydrogen) atoms. The number of hydrogen-bond donors (Lipinski definition) is 3. The Bertz CT molecular complexity index is 103. The van der Waals surface area contributed by atoms with Crippen LogP contribution in [0.25, 0.3) is 0 Å². The monoisotopic (exact) mass is 225 g/mol. The van der Waals surface area contributed by atoms with Gasteiger partial charge in [0.05, 0.1) is 52.9 Å². The quantitative estimate of drug-likeness (QED) is 0.274. The summed E-state index contributed by atoms with van der Waals surface area (Å²) in [6.45, 7) is 2.06. The molecule has 0 aliphatic rings. The van der Waals surface area contributed by atoms with Gasteiger partial charge in [0.2, 0.25) is 0 Å². The lowest BCUT2D eigenvalue weighted by atomic mass is 10.7. The number of hydrogen-bond acceptors (Lipinski definition) is 7. The van der Waals surface area contributed by atoms with Gasteiger partial charge in [-0.3, -0.25) is 9.68 Å². The highest BCUT2D eigenvalue weighted by atomic mass is 16.9. The van der Waals surface area contributed by atoms with E-state index in [4.69, 9.17) is 29.4 Å². The highest BCUT2D eigenvalue weighted by Crippen LogP contribution is 1.77. The molecule has 0 unspecified atom stereocenters. The summed E-state index contributed by atoms with van der Waals surface area (Å²) in [5, 5.41) is 16.7. The molecule has 0 aromatic carbocycles. The molecule has 0 aliphatic heterocycles. The SMILES string of the molecule is OCCOCCONOCCOCCO. The van der Waals surface area contributed by atoms with Gasteiger partial charge in [-0.25, -0.2) is 0 Å². The van der Waals surface area contributed by atoms with Gasteiger partial charge in [-0.05, 0) is 0 Å². The molecule has 0 bridgehead atoms. The summed E-state index contributed by atoms with van der Waals surface area (Å²) in [6.07, 6.45) is 0. The second-order valence-corrected chi connectivity index (χ2v) is 2.45. The van der Waals surface area contributed by atoms with Gasteiger partial charge in [-0.2, -0.15) is 0 Å². The van der Waals surface area contributed by atoms with Crippen molar-refractivity contribution in [2.24, 2.45) is 0 Å². The molecule has 0 rings (SSSR count). The van der Waals surface area contributed by atoms with Crippen LogP contribution in [-0.2, 0) is 19.1 Å². The molecule has 0 aliphatic carbocycles. The minimum absolute atomic E-state index is 0.00608. The zero-order valence-corrected chi connectivity index (χ0v) is 8.68. The first-order chi connectivity index (χ1) is 7.41. The Hall–Kier alpha value is -0.280. The maximum atomic E-state index is 8.37. The van der Waals surface area contributed by atoms with Crippen LogP contribution < -0.4 is 5.64 Å². The minimum Gasteiger partial charge on any atom is -0.394 e. The zero-order valence-electron chi connectivity index (χ0n) is 8.68. The number of rotatable bonds is 12. The third-order valence-corrected chi connectivity index (χ3v) is 1.25. The Balaban J connectivity index is 2.81. The van der Waals surface area contributed by atoms with Crippen molar-refractivity contribution >= 4 is 0 Å². The Labute approximate surface area is 88.8 Å². The van der Waals surface area contributed by atoms with E-state index in [1.165, 1.54) is 0 Å². The Kier molecular flexibility index (Phi) is 13.5. The fraction of sp³-hybridized carbons (Fsp3) is 1.00. The Morgan fingerprint density at radius 1 is 0.667 bits per heavy atom. The molecule has 3 N–H and O–H groups in total. The van der Waals surface area contributed by atoms with Crippen molar-refractivity contribution in [2.75, 3.05) is 52.9 Å². The van der Waals surface area contributed by atoms with Gasteiger partial charge in [-0.15, -0.1) is 0 Å². The summed E-state index contributed by atoms with van der Waals surface area (Å²) in [6, 6.07) is 0. The lowest BCUT2D eigenvalue weighted by Gasteiger charge is -2.06. The Morgan fingerprint density at radius 3 is 1.53 bits per heavy atom. The first kappa shape index (κ1) is 14.7. The molecule has 0 fully saturated rings. The van der Waals surface area contributed by atoms with E-state index in [0.717, 1.165) is 0 Å². The van der Waals surface area contributed by atoms with Gasteiger partial charge in [0, 0.05) is 0 Å². The summed E-state index contributed by atoms with van der Waals surface area (Å²) < 4.78 is 9.84. The van der Waals surface area contributed by atoms with Crippen LogP contribution >= 0.6 is 0 Å². The topological polar surface area (TPSA) is 89.4 Å². The molecule has 92 valence electrons. The van der Waals surface area contributed by atoms with Gasteiger partial charge in [-0.1, -0.05) is 5.64 Å². The van der Waals surface area contributed by atoms with Crippen LogP contribution in [-0.4, -0.2) is 63.1 Å². The molecular formula is C8H19NO6. The third kappa shape index (κ3) is 13.7. The van der Waals surface area contributed by atoms with Gasteiger partial charge in [0.1, 0.15) is 0 Å². The van der Waals surface area contributed by atoms with E-state index in [9.17, 15) is 0 Å². The molecule has 0 atom stereocenters.